The Morgan fingerprint density at radius 1 is 1.33 bits per heavy atom. The normalized spacial score (nSPS) is 19.6. The van der Waals surface area contributed by atoms with Gasteiger partial charge in [-0.15, -0.1) is 10.2 Å². The van der Waals surface area contributed by atoms with Crippen LogP contribution in [0.15, 0.2) is 12.1 Å². The SMILES string of the molecule is C[C@@H]1CN(C(=O)OC(C)(C)C)CCN1c1ccc(Cl)nn1. The average molecular weight is 313 g/mol. The minimum atomic E-state index is -0.473. The van der Waals surface area contributed by atoms with Crippen molar-refractivity contribution >= 4 is 23.5 Å². The fourth-order valence-corrected chi connectivity index (χ4v) is 2.35. The molecule has 1 aliphatic rings. The minimum Gasteiger partial charge on any atom is -0.444 e. The molecule has 1 aromatic rings. The van der Waals surface area contributed by atoms with Crippen molar-refractivity contribution in [3.63, 3.8) is 0 Å². The molecule has 1 saturated heterocycles. The maximum Gasteiger partial charge on any atom is 0.410 e. The molecule has 6 nitrogen and oxygen atoms in total. The number of aromatic nitrogens is 2. The Balaban J connectivity index is 1.99. The van der Waals surface area contributed by atoms with E-state index in [9.17, 15) is 4.79 Å². The van der Waals surface area contributed by atoms with E-state index in [0.717, 1.165) is 5.82 Å². The second-order valence-corrected chi connectivity index (χ2v) is 6.57. The molecule has 0 aromatic carbocycles. The number of rotatable bonds is 1. The summed E-state index contributed by atoms with van der Waals surface area (Å²) in [6, 6.07) is 3.70. The van der Waals surface area contributed by atoms with E-state index in [4.69, 9.17) is 16.3 Å². The van der Waals surface area contributed by atoms with E-state index in [-0.39, 0.29) is 12.1 Å². The van der Waals surface area contributed by atoms with Gasteiger partial charge >= 0.3 is 6.09 Å². The molecule has 116 valence electrons. The molecule has 1 amide bonds. The van der Waals surface area contributed by atoms with Crippen LogP contribution in [0, 0.1) is 0 Å². The molecule has 0 aliphatic carbocycles. The van der Waals surface area contributed by atoms with Crippen molar-refractivity contribution in [2.45, 2.75) is 39.3 Å². The van der Waals surface area contributed by atoms with Gasteiger partial charge in [0, 0.05) is 25.7 Å². The summed E-state index contributed by atoms with van der Waals surface area (Å²) in [4.78, 5) is 15.9. The Labute approximate surface area is 130 Å². The maximum atomic E-state index is 12.1. The zero-order chi connectivity index (χ0) is 15.6. The Hall–Kier alpha value is -1.56. The summed E-state index contributed by atoms with van der Waals surface area (Å²) < 4.78 is 5.41. The molecule has 1 aromatic heterocycles. The highest BCUT2D eigenvalue weighted by Crippen LogP contribution is 2.20. The second kappa shape index (κ2) is 6.05. The summed E-state index contributed by atoms with van der Waals surface area (Å²) in [5.41, 5.74) is -0.473. The van der Waals surface area contributed by atoms with Gasteiger partial charge in [-0.2, -0.15) is 0 Å². The Morgan fingerprint density at radius 2 is 2.05 bits per heavy atom. The highest BCUT2D eigenvalue weighted by molar-refractivity contribution is 6.29. The fourth-order valence-electron chi connectivity index (χ4n) is 2.25. The number of hydrogen-bond acceptors (Lipinski definition) is 5. The number of carbonyl (C=O) groups is 1. The second-order valence-electron chi connectivity index (χ2n) is 6.18. The van der Waals surface area contributed by atoms with Crippen molar-refractivity contribution in [2.24, 2.45) is 0 Å². The molecule has 0 spiro atoms. The van der Waals surface area contributed by atoms with E-state index in [1.807, 2.05) is 33.8 Å². The van der Waals surface area contributed by atoms with Crippen LogP contribution in [0.4, 0.5) is 10.6 Å². The van der Waals surface area contributed by atoms with Crippen molar-refractivity contribution in [3.05, 3.63) is 17.3 Å². The van der Waals surface area contributed by atoms with Crippen molar-refractivity contribution < 1.29 is 9.53 Å². The fraction of sp³-hybridized carbons (Fsp3) is 0.643. The van der Waals surface area contributed by atoms with E-state index in [2.05, 4.69) is 15.1 Å². The molecule has 2 rings (SSSR count). The van der Waals surface area contributed by atoms with Gasteiger partial charge in [0.15, 0.2) is 11.0 Å². The van der Waals surface area contributed by atoms with Gasteiger partial charge in [0.25, 0.3) is 0 Å². The molecule has 0 radical (unpaired) electrons. The standard InChI is InChI=1S/C14H21ClN4O2/c1-10-9-18(13(20)21-14(2,3)4)7-8-19(10)12-6-5-11(15)16-17-12/h5-6,10H,7-9H2,1-4H3/t10-/m1/s1. The van der Waals surface area contributed by atoms with Gasteiger partial charge < -0.3 is 14.5 Å². The van der Waals surface area contributed by atoms with Gasteiger partial charge in [0.05, 0.1) is 0 Å². The van der Waals surface area contributed by atoms with Gasteiger partial charge in [-0.1, -0.05) is 11.6 Å². The lowest BCUT2D eigenvalue weighted by molar-refractivity contribution is 0.0218. The molecule has 0 N–H and O–H groups in total. The first kappa shape index (κ1) is 15.8. The molecule has 2 heterocycles. The predicted octanol–water partition coefficient (Wildman–Crippen LogP) is 2.58. The molecule has 1 aliphatic heterocycles. The minimum absolute atomic E-state index is 0.141. The third-order valence-corrected chi connectivity index (χ3v) is 3.39. The highest BCUT2D eigenvalue weighted by atomic mass is 35.5. The zero-order valence-electron chi connectivity index (χ0n) is 12.8. The summed E-state index contributed by atoms with van der Waals surface area (Å²) in [5, 5.41) is 8.32. The van der Waals surface area contributed by atoms with E-state index in [1.54, 1.807) is 11.0 Å². The number of nitrogens with zero attached hydrogens (tertiary/aromatic N) is 4. The lowest BCUT2D eigenvalue weighted by atomic mass is 10.2. The monoisotopic (exact) mass is 312 g/mol. The topological polar surface area (TPSA) is 58.6 Å². The van der Waals surface area contributed by atoms with Gasteiger partial charge in [0.1, 0.15) is 5.60 Å². The number of piperazine rings is 1. The number of carbonyl (C=O) groups excluding carboxylic acids is 1. The molecular formula is C14H21ClN4O2. The van der Waals surface area contributed by atoms with Crippen LogP contribution in [0.5, 0.6) is 0 Å². The van der Waals surface area contributed by atoms with E-state index in [0.29, 0.717) is 24.8 Å². The summed E-state index contributed by atoms with van der Waals surface area (Å²) in [6.07, 6.45) is -0.267. The number of anilines is 1. The lowest BCUT2D eigenvalue weighted by Crippen LogP contribution is -2.54. The molecule has 0 unspecified atom stereocenters. The molecule has 0 saturated carbocycles. The molecule has 21 heavy (non-hydrogen) atoms. The van der Waals surface area contributed by atoms with E-state index in [1.165, 1.54) is 0 Å². The number of hydrogen-bond donors (Lipinski definition) is 0. The Bertz CT molecular complexity index is 501. The zero-order valence-corrected chi connectivity index (χ0v) is 13.6. The lowest BCUT2D eigenvalue weighted by Gasteiger charge is -2.40. The highest BCUT2D eigenvalue weighted by Gasteiger charge is 2.30. The van der Waals surface area contributed by atoms with Crippen molar-refractivity contribution in [1.29, 1.82) is 0 Å². The number of halogens is 1. The molecule has 7 heteroatoms. The molecule has 1 fully saturated rings. The summed E-state index contributed by atoms with van der Waals surface area (Å²) in [7, 11) is 0. The van der Waals surface area contributed by atoms with Crippen LogP contribution in [-0.4, -0.2) is 52.5 Å². The van der Waals surface area contributed by atoms with Gasteiger partial charge in [-0.3, -0.25) is 0 Å². The van der Waals surface area contributed by atoms with Gasteiger partial charge in [0.2, 0.25) is 0 Å². The summed E-state index contributed by atoms with van der Waals surface area (Å²) >= 11 is 5.75. The number of ether oxygens (including phenoxy) is 1. The van der Waals surface area contributed by atoms with E-state index >= 15 is 0 Å². The first-order valence-corrected chi connectivity index (χ1v) is 7.38. The van der Waals surface area contributed by atoms with Crippen LogP contribution in [0.2, 0.25) is 5.15 Å². The van der Waals surface area contributed by atoms with Crippen molar-refractivity contribution in [1.82, 2.24) is 15.1 Å². The average Bonchev–Trinajstić information content (AvgIpc) is 2.38. The van der Waals surface area contributed by atoms with Crippen LogP contribution in [0.1, 0.15) is 27.7 Å². The molecule has 1 atom stereocenters. The van der Waals surface area contributed by atoms with Crippen LogP contribution >= 0.6 is 11.6 Å². The number of amides is 1. The van der Waals surface area contributed by atoms with Gasteiger partial charge in [-0.05, 0) is 39.8 Å². The third-order valence-electron chi connectivity index (χ3n) is 3.19. The van der Waals surface area contributed by atoms with Crippen LogP contribution < -0.4 is 4.90 Å². The first-order valence-electron chi connectivity index (χ1n) is 7.00. The van der Waals surface area contributed by atoms with E-state index < -0.39 is 5.60 Å². The maximum absolute atomic E-state index is 12.1. The third kappa shape index (κ3) is 4.20. The molecule has 0 bridgehead atoms. The van der Waals surface area contributed by atoms with Crippen molar-refractivity contribution in [3.8, 4) is 0 Å². The summed E-state index contributed by atoms with van der Waals surface area (Å²) in [5.74, 6) is 0.774. The largest absolute Gasteiger partial charge is 0.444 e. The van der Waals surface area contributed by atoms with Crippen molar-refractivity contribution in [2.75, 3.05) is 24.5 Å². The predicted molar refractivity (Wildman–Crippen MR) is 81.7 cm³/mol. The molecular weight excluding hydrogens is 292 g/mol. The summed E-state index contributed by atoms with van der Waals surface area (Å²) in [6.45, 7) is 9.54. The van der Waals surface area contributed by atoms with Crippen LogP contribution in [0.3, 0.4) is 0 Å². The quantitative estimate of drug-likeness (QED) is 0.797. The smallest absolute Gasteiger partial charge is 0.410 e. The van der Waals surface area contributed by atoms with Gasteiger partial charge in [-0.25, -0.2) is 4.79 Å². The first-order chi connectivity index (χ1) is 9.76. The Morgan fingerprint density at radius 3 is 2.57 bits per heavy atom. The van der Waals surface area contributed by atoms with Crippen LogP contribution in [-0.2, 0) is 4.74 Å². The Kier molecular flexibility index (Phi) is 4.56. The van der Waals surface area contributed by atoms with Crippen LogP contribution in [0.25, 0.3) is 0 Å².